The van der Waals surface area contributed by atoms with E-state index in [1.54, 1.807) is 0 Å². The minimum atomic E-state index is -1.02. The third-order valence-corrected chi connectivity index (χ3v) is 1.54. The molecule has 0 amide bonds. The SMILES string of the molecule is CC(C)Cc1nnc(COCC(=O)O)o1. The first-order valence-electron chi connectivity index (χ1n) is 4.68. The summed E-state index contributed by atoms with van der Waals surface area (Å²) in [7, 11) is 0. The molecule has 0 aromatic carbocycles. The third-order valence-electron chi connectivity index (χ3n) is 1.54. The predicted molar refractivity (Wildman–Crippen MR) is 50.1 cm³/mol. The number of nitrogens with zero attached hydrogens (tertiary/aromatic N) is 2. The van der Waals surface area contributed by atoms with Crippen LogP contribution in [0, 0.1) is 5.92 Å². The molecule has 0 aliphatic carbocycles. The zero-order valence-corrected chi connectivity index (χ0v) is 8.77. The van der Waals surface area contributed by atoms with Gasteiger partial charge < -0.3 is 14.3 Å². The smallest absolute Gasteiger partial charge is 0.329 e. The van der Waals surface area contributed by atoms with Crippen LogP contribution in [0.1, 0.15) is 25.6 Å². The van der Waals surface area contributed by atoms with Gasteiger partial charge in [0.15, 0.2) is 0 Å². The molecule has 0 bridgehead atoms. The van der Waals surface area contributed by atoms with Crippen molar-refractivity contribution in [2.75, 3.05) is 6.61 Å². The van der Waals surface area contributed by atoms with Crippen LogP contribution in [-0.4, -0.2) is 27.9 Å². The van der Waals surface area contributed by atoms with Crippen LogP contribution >= 0.6 is 0 Å². The van der Waals surface area contributed by atoms with E-state index in [1.165, 1.54) is 0 Å². The molecule has 1 rings (SSSR count). The van der Waals surface area contributed by atoms with E-state index in [0.717, 1.165) is 0 Å². The molecule has 15 heavy (non-hydrogen) atoms. The number of hydrogen-bond acceptors (Lipinski definition) is 5. The van der Waals surface area contributed by atoms with Crippen molar-refractivity contribution in [1.82, 2.24) is 10.2 Å². The number of hydrogen-bond donors (Lipinski definition) is 1. The van der Waals surface area contributed by atoms with Gasteiger partial charge in [-0.15, -0.1) is 10.2 Å². The van der Waals surface area contributed by atoms with Crippen molar-refractivity contribution in [3.05, 3.63) is 11.8 Å². The normalized spacial score (nSPS) is 10.9. The molecule has 0 saturated carbocycles. The van der Waals surface area contributed by atoms with E-state index in [-0.39, 0.29) is 13.2 Å². The van der Waals surface area contributed by atoms with E-state index in [1.807, 2.05) is 13.8 Å². The maximum atomic E-state index is 10.1. The summed E-state index contributed by atoms with van der Waals surface area (Å²) in [5.74, 6) is 0.293. The number of carbonyl (C=O) groups is 1. The zero-order chi connectivity index (χ0) is 11.3. The van der Waals surface area contributed by atoms with Crippen molar-refractivity contribution >= 4 is 5.97 Å². The molecule has 0 saturated heterocycles. The summed E-state index contributed by atoms with van der Waals surface area (Å²) < 4.78 is 10.0. The fourth-order valence-corrected chi connectivity index (χ4v) is 1.00. The lowest BCUT2D eigenvalue weighted by molar-refractivity contribution is -0.142. The average Bonchev–Trinajstić information content (AvgIpc) is 2.50. The second-order valence-electron chi connectivity index (χ2n) is 3.57. The Balaban J connectivity index is 2.36. The molecular weight excluding hydrogens is 200 g/mol. The van der Waals surface area contributed by atoms with Crippen LogP contribution in [0.25, 0.3) is 0 Å². The molecule has 1 N–H and O–H groups in total. The van der Waals surface area contributed by atoms with Gasteiger partial charge in [-0.1, -0.05) is 13.8 Å². The van der Waals surface area contributed by atoms with E-state index in [4.69, 9.17) is 14.3 Å². The number of ether oxygens (including phenoxy) is 1. The van der Waals surface area contributed by atoms with Gasteiger partial charge in [0.2, 0.25) is 11.8 Å². The van der Waals surface area contributed by atoms with E-state index in [0.29, 0.717) is 24.1 Å². The Bertz CT molecular complexity index is 322. The number of aromatic nitrogens is 2. The molecule has 0 aliphatic heterocycles. The molecule has 1 heterocycles. The van der Waals surface area contributed by atoms with Gasteiger partial charge in [-0.2, -0.15) is 0 Å². The van der Waals surface area contributed by atoms with Gasteiger partial charge in [-0.05, 0) is 5.92 Å². The Hall–Kier alpha value is -1.43. The standard InChI is InChI=1S/C9H14N2O4/c1-6(2)3-7-10-11-8(15-7)4-14-5-9(12)13/h6H,3-5H2,1-2H3,(H,12,13). The van der Waals surface area contributed by atoms with E-state index >= 15 is 0 Å². The summed E-state index contributed by atoms with van der Waals surface area (Å²) >= 11 is 0. The number of carboxylic acids is 1. The monoisotopic (exact) mass is 214 g/mol. The van der Waals surface area contributed by atoms with Crippen molar-refractivity contribution in [2.45, 2.75) is 26.9 Å². The molecule has 84 valence electrons. The summed E-state index contributed by atoms with van der Waals surface area (Å²) in [6.45, 7) is 3.77. The molecule has 0 spiro atoms. The molecule has 6 nitrogen and oxygen atoms in total. The van der Waals surface area contributed by atoms with Gasteiger partial charge in [0, 0.05) is 6.42 Å². The van der Waals surface area contributed by atoms with Gasteiger partial charge in [0.25, 0.3) is 0 Å². The van der Waals surface area contributed by atoms with Gasteiger partial charge >= 0.3 is 5.97 Å². The number of rotatable bonds is 6. The topological polar surface area (TPSA) is 85.5 Å². The van der Waals surface area contributed by atoms with Crippen LogP contribution in [0.15, 0.2) is 4.42 Å². The highest BCUT2D eigenvalue weighted by Crippen LogP contribution is 2.07. The fourth-order valence-electron chi connectivity index (χ4n) is 1.00. The summed E-state index contributed by atoms with van der Waals surface area (Å²) in [5, 5.41) is 15.9. The molecule has 0 aliphatic rings. The van der Waals surface area contributed by atoms with Crippen LogP contribution in [0.2, 0.25) is 0 Å². The van der Waals surface area contributed by atoms with Gasteiger partial charge in [-0.3, -0.25) is 0 Å². The molecule has 1 aromatic rings. The predicted octanol–water partition coefficient (Wildman–Crippen LogP) is 0.869. The Labute approximate surface area is 87.3 Å². The molecule has 1 aromatic heterocycles. The van der Waals surface area contributed by atoms with Crippen LogP contribution in [0.4, 0.5) is 0 Å². The number of carboxylic acid groups (broad SMARTS) is 1. The van der Waals surface area contributed by atoms with E-state index < -0.39 is 5.97 Å². The Kier molecular flexibility index (Phi) is 4.23. The van der Waals surface area contributed by atoms with Gasteiger partial charge in [0.1, 0.15) is 13.2 Å². The van der Waals surface area contributed by atoms with Crippen molar-refractivity contribution in [2.24, 2.45) is 5.92 Å². The summed E-state index contributed by atoms with van der Waals surface area (Å²) in [5.41, 5.74) is 0. The average molecular weight is 214 g/mol. The molecule has 6 heteroatoms. The Morgan fingerprint density at radius 1 is 1.47 bits per heavy atom. The van der Waals surface area contributed by atoms with Crippen LogP contribution in [-0.2, 0) is 22.6 Å². The summed E-state index contributed by atoms with van der Waals surface area (Å²) in [4.78, 5) is 10.1. The van der Waals surface area contributed by atoms with E-state index in [2.05, 4.69) is 10.2 Å². The third kappa shape index (κ3) is 4.55. The van der Waals surface area contributed by atoms with Crippen molar-refractivity contribution in [3.8, 4) is 0 Å². The first-order chi connectivity index (χ1) is 7.08. The minimum Gasteiger partial charge on any atom is -0.480 e. The number of aliphatic carboxylic acids is 1. The van der Waals surface area contributed by atoms with Crippen molar-refractivity contribution in [1.29, 1.82) is 0 Å². The Morgan fingerprint density at radius 2 is 2.13 bits per heavy atom. The second-order valence-corrected chi connectivity index (χ2v) is 3.57. The highest BCUT2D eigenvalue weighted by Gasteiger charge is 2.08. The largest absolute Gasteiger partial charge is 0.480 e. The second kappa shape index (κ2) is 5.45. The lowest BCUT2D eigenvalue weighted by Crippen LogP contribution is -2.06. The lowest BCUT2D eigenvalue weighted by atomic mass is 10.1. The van der Waals surface area contributed by atoms with Crippen LogP contribution < -0.4 is 0 Å². The van der Waals surface area contributed by atoms with Crippen molar-refractivity contribution in [3.63, 3.8) is 0 Å². The van der Waals surface area contributed by atoms with Crippen LogP contribution in [0.3, 0.4) is 0 Å². The maximum absolute atomic E-state index is 10.1. The quantitative estimate of drug-likeness (QED) is 0.756. The minimum absolute atomic E-state index is 0.0391. The summed E-state index contributed by atoms with van der Waals surface area (Å²) in [6.07, 6.45) is 0.714. The zero-order valence-electron chi connectivity index (χ0n) is 8.77. The van der Waals surface area contributed by atoms with Crippen LogP contribution in [0.5, 0.6) is 0 Å². The van der Waals surface area contributed by atoms with E-state index in [9.17, 15) is 4.79 Å². The molecule has 0 radical (unpaired) electrons. The molecular formula is C9H14N2O4. The first-order valence-corrected chi connectivity index (χ1v) is 4.68. The molecule has 0 unspecified atom stereocenters. The highest BCUT2D eigenvalue weighted by atomic mass is 16.5. The molecule has 0 fully saturated rings. The van der Waals surface area contributed by atoms with Crippen molar-refractivity contribution < 1.29 is 19.1 Å². The van der Waals surface area contributed by atoms with Gasteiger partial charge in [0.05, 0.1) is 0 Å². The highest BCUT2D eigenvalue weighted by molar-refractivity contribution is 5.67. The lowest BCUT2D eigenvalue weighted by Gasteiger charge is -1.97. The molecule has 0 atom stereocenters. The summed E-state index contributed by atoms with van der Waals surface area (Å²) in [6, 6.07) is 0. The fraction of sp³-hybridized carbons (Fsp3) is 0.667. The maximum Gasteiger partial charge on any atom is 0.329 e. The Morgan fingerprint density at radius 3 is 2.73 bits per heavy atom. The van der Waals surface area contributed by atoms with Gasteiger partial charge in [-0.25, -0.2) is 4.79 Å². The first kappa shape index (κ1) is 11.6.